The van der Waals surface area contributed by atoms with Crippen molar-refractivity contribution in [3.8, 4) is 0 Å². The molecule has 4 N–H and O–H groups in total. The highest BCUT2D eigenvalue weighted by molar-refractivity contribution is 5.42. The monoisotopic (exact) mass is 223 g/mol. The molecule has 4 nitrogen and oxygen atoms in total. The molecule has 1 aromatic heterocycles. The maximum absolute atomic E-state index is 10.3. The van der Waals surface area contributed by atoms with Crippen molar-refractivity contribution in [3.05, 3.63) is 23.9 Å². The van der Waals surface area contributed by atoms with Crippen molar-refractivity contribution >= 4 is 5.82 Å². The second kappa shape index (κ2) is 5.27. The predicted octanol–water partition coefficient (Wildman–Crippen LogP) is 1.26. The number of aromatic nitrogens is 1. The van der Waals surface area contributed by atoms with Gasteiger partial charge in [-0.1, -0.05) is 19.9 Å². The lowest BCUT2D eigenvalue weighted by molar-refractivity contribution is 0.0480. The van der Waals surface area contributed by atoms with E-state index < -0.39 is 5.60 Å². The van der Waals surface area contributed by atoms with Crippen molar-refractivity contribution in [2.75, 3.05) is 12.3 Å². The molecule has 0 saturated heterocycles. The first-order valence-corrected chi connectivity index (χ1v) is 5.60. The fraction of sp³-hybridized carbons (Fsp3) is 0.583. The topological polar surface area (TPSA) is 71.2 Å². The van der Waals surface area contributed by atoms with Gasteiger partial charge in [-0.2, -0.15) is 0 Å². The van der Waals surface area contributed by atoms with E-state index in [-0.39, 0.29) is 0 Å². The summed E-state index contributed by atoms with van der Waals surface area (Å²) in [5, 5.41) is 13.6. The highest BCUT2D eigenvalue weighted by Gasteiger charge is 2.25. The molecule has 4 heteroatoms. The van der Waals surface area contributed by atoms with Crippen molar-refractivity contribution in [1.82, 2.24) is 10.3 Å². The minimum atomic E-state index is -0.930. The summed E-state index contributed by atoms with van der Waals surface area (Å²) >= 11 is 0. The molecule has 0 spiro atoms. The fourth-order valence-corrected chi connectivity index (χ4v) is 1.61. The number of anilines is 1. The van der Waals surface area contributed by atoms with Crippen molar-refractivity contribution in [2.24, 2.45) is 0 Å². The molecule has 16 heavy (non-hydrogen) atoms. The van der Waals surface area contributed by atoms with Crippen LogP contribution in [0.25, 0.3) is 0 Å². The van der Waals surface area contributed by atoms with Gasteiger partial charge in [0, 0.05) is 17.8 Å². The van der Waals surface area contributed by atoms with Crippen LogP contribution in [0.2, 0.25) is 0 Å². The normalized spacial score (nSPS) is 15.1. The van der Waals surface area contributed by atoms with E-state index in [1.54, 1.807) is 19.2 Å². The minimum Gasteiger partial charge on any atom is -0.385 e. The summed E-state index contributed by atoms with van der Waals surface area (Å²) < 4.78 is 0. The Bertz CT molecular complexity index is 337. The van der Waals surface area contributed by atoms with Crippen LogP contribution in [-0.2, 0) is 5.60 Å². The van der Waals surface area contributed by atoms with E-state index in [9.17, 15) is 5.11 Å². The lowest BCUT2D eigenvalue weighted by Crippen LogP contribution is -2.31. The van der Waals surface area contributed by atoms with Gasteiger partial charge in [0.25, 0.3) is 0 Å². The average molecular weight is 223 g/mol. The molecule has 0 aromatic carbocycles. The number of nitrogens with zero attached hydrogens (tertiary/aromatic N) is 1. The smallest absolute Gasteiger partial charge is 0.129 e. The summed E-state index contributed by atoms with van der Waals surface area (Å²) in [6, 6.07) is 4.02. The van der Waals surface area contributed by atoms with Gasteiger partial charge >= 0.3 is 0 Å². The first-order valence-electron chi connectivity index (χ1n) is 5.60. The standard InChI is InChI=1S/C12H21N3O/c1-9(2)14-8-6-12(3,16)10-5-4-7-15-11(10)13/h4-5,7,9,14,16H,6,8H2,1-3H3,(H2,13,15). The number of nitrogens with one attached hydrogen (secondary N) is 1. The van der Waals surface area contributed by atoms with Crippen LogP contribution in [0.3, 0.4) is 0 Å². The summed E-state index contributed by atoms with van der Waals surface area (Å²) in [6.07, 6.45) is 2.24. The lowest BCUT2D eigenvalue weighted by atomic mass is 9.93. The second-order valence-electron chi connectivity index (χ2n) is 4.57. The molecule has 1 unspecified atom stereocenters. The molecule has 0 aliphatic rings. The second-order valence-corrected chi connectivity index (χ2v) is 4.57. The molecule has 0 bridgehead atoms. The van der Waals surface area contributed by atoms with E-state index in [1.165, 1.54) is 0 Å². The molecule has 1 rings (SSSR count). The van der Waals surface area contributed by atoms with Crippen molar-refractivity contribution in [2.45, 2.75) is 38.8 Å². The zero-order valence-corrected chi connectivity index (χ0v) is 10.2. The number of rotatable bonds is 5. The summed E-state index contributed by atoms with van der Waals surface area (Å²) in [5.41, 5.74) is 5.51. The summed E-state index contributed by atoms with van der Waals surface area (Å²) in [4.78, 5) is 3.99. The molecule has 1 heterocycles. The van der Waals surface area contributed by atoms with Crippen LogP contribution in [0.5, 0.6) is 0 Å². The average Bonchev–Trinajstić information content (AvgIpc) is 2.17. The summed E-state index contributed by atoms with van der Waals surface area (Å²) in [5.74, 6) is 0.400. The van der Waals surface area contributed by atoms with E-state index in [2.05, 4.69) is 24.1 Å². The van der Waals surface area contributed by atoms with Crippen LogP contribution >= 0.6 is 0 Å². The molecule has 0 aliphatic carbocycles. The van der Waals surface area contributed by atoms with Crippen LogP contribution in [0.1, 0.15) is 32.8 Å². The Labute approximate surface area is 96.9 Å². The quantitative estimate of drug-likeness (QED) is 0.702. The Kier molecular flexibility index (Phi) is 4.26. The molecule has 1 atom stereocenters. The zero-order chi connectivity index (χ0) is 12.2. The van der Waals surface area contributed by atoms with Crippen LogP contribution in [0.15, 0.2) is 18.3 Å². The minimum absolute atomic E-state index is 0.400. The van der Waals surface area contributed by atoms with Gasteiger partial charge < -0.3 is 16.2 Å². The van der Waals surface area contributed by atoms with E-state index in [4.69, 9.17) is 5.73 Å². The van der Waals surface area contributed by atoms with Gasteiger partial charge in [0.05, 0.1) is 5.60 Å². The number of hydrogen-bond acceptors (Lipinski definition) is 4. The SMILES string of the molecule is CC(C)NCCC(C)(O)c1cccnc1N. The van der Waals surface area contributed by atoms with Crippen LogP contribution in [0.4, 0.5) is 5.82 Å². The van der Waals surface area contributed by atoms with E-state index >= 15 is 0 Å². The van der Waals surface area contributed by atoms with E-state index in [1.807, 2.05) is 6.07 Å². The molecule has 0 aliphatic heterocycles. The number of aliphatic hydroxyl groups is 1. The Morgan fingerprint density at radius 2 is 2.25 bits per heavy atom. The Morgan fingerprint density at radius 3 is 2.81 bits per heavy atom. The number of pyridine rings is 1. The van der Waals surface area contributed by atoms with Gasteiger partial charge in [0.15, 0.2) is 0 Å². The Morgan fingerprint density at radius 1 is 1.56 bits per heavy atom. The van der Waals surface area contributed by atoms with Crippen LogP contribution in [-0.4, -0.2) is 22.7 Å². The zero-order valence-electron chi connectivity index (χ0n) is 10.2. The van der Waals surface area contributed by atoms with Crippen LogP contribution < -0.4 is 11.1 Å². The third-order valence-corrected chi connectivity index (χ3v) is 2.58. The molecule has 0 amide bonds. The molecular weight excluding hydrogens is 202 g/mol. The molecule has 1 aromatic rings. The maximum Gasteiger partial charge on any atom is 0.129 e. The Balaban J connectivity index is 2.66. The summed E-state index contributed by atoms with van der Waals surface area (Å²) in [6.45, 7) is 6.67. The maximum atomic E-state index is 10.3. The summed E-state index contributed by atoms with van der Waals surface area (Å²) in [7, 11) is 0. The van der Waals surface area contributed by atoms with Gasteiger partial charge in [-0.3, -0.25) is 0 Å². The van der Waals surface area contributed by atoms with Crippen molar-refractivity contribution in [3.63, 3.8) is 0 Å². The van der Waals surface area contributed by atoms with E-state index in [0.717, 1.165) is 6.54 Å². The van der Waals surface area contributed by atoms with Gasteiger partial charge in [-0.15, -0.1) is 0 Å². The number of nitrogen functional groups attached to an aromatic ring is 1. The molecule has 0 fully saturated rings. The molecule has 90 valence electrons. The first kappa shape index (κ1) is 12.9. The third-order valence-electron chi connectivity index (χ3n) is 2.58. The third kappa shape index (κ3) is 3.47. The van der Waals surface area contributed by atoms with Gasteiger partial charge in [-0.25, -0.2) is 4.98 Å². The highest BCUT2D eigenvalue weighted by Crippen LogP contribution is 2.27. The molecule has 0 saturated carbocycles. The predicted molar refractivity (Wildman–Crippen MR) is 66.0 cm³/mol. The van der Waals surface area contributed by atoms with Crippen molar-refractivity contribution < 1.29 is 5.11 Å². The fourth-order valence-electron chi connectivity index (χ4n) is 1.61. The van der Waals surface area contributed by atoms with Gasteiger partial charge in [-0.05, 0) is 26.0 Å². The largest absolute Gasteiger partial charge is 0.385 e. The van der Waals surface area contributed by atoms with Crippen molar-refractivity contribution in [1.29, 1.82) is 0 Å². The van der Waals surface area contributed by atoms with Gasteiger partial charge in [0.2, 0.25) is 0 Å². The lowest BCUT2D eigenvalue weighted by Gasteiger charge is -2.25. The van der Waals surface area contributed by atoms with Crippen LogP contribution in [0, 0.1) is 0 Å². The highest BCUT2D eigenvalue weighted by atomic mass is 16.3. The molecule has 0 radical (unpaired) electrons. The Hall–Kier alpha value is -1.13. The van der Waals surface area contributed by atoms with E-state index in [0.29, 0.717) is 23.8 Å². The van der Waals surface area contributed by atoms with Gasteiger partial charge in [0.1, 0.15) is 5.82 Å². The molecular formula is C12H21N3O. The first-order chi connectivity index (χ1) is 7.43. The number of nitrogens with two attached hydrogens (primary N) is 1. The number of hydrogen-bond donors (Lipinski definition) is 3.